The van der Waals surface area contributed by atoms with Gasteiger partial charge < -0.3 is 5.32 Å². The summed E-state index contributed by atoms with van der Waals surface area (Å²) in [5.74, 6) is 2.86. The van der Waals surface area contributed by atoms with Gasteiger partial charge in [-0.1, -0.05) is 19.8 Å². The lowest BCUT2D eigenvalue weighted by Crippen LogP contribution is -2.44. The Morgan fingerprint density at radius 2 is 2.40 bits per heavy atom. The van der Waals surface area contributed by atoms with Gasteiger partial charge in [-0.25, -0.2) is 4.98 Å². The van der Waals surface area contributed by atoms with Gasteiger partial charge in [0.2, 0.25) is 0 Å². The highest BCUT2D eigenvalue weighted by molar-refractivity contribution is 6.18. The fourth-order valence-corrected chi connectivity index (χ4v) is 3.53. The SMILES string of the molecule is Cc1cc(NC2(CCl)CCCC(C)C2)n2ncnc2n1. The van der Waals surface area contributed by atoms with Crippen molar-refractivity contribution in [1.29, 1.82) is 0 Å². The van der Waals surface area contributed by atoms with Gasteiger partial charge in [0.1, 0.15) is 12.1 Å². The molecule has 0 amide bonds. The fourth-order valence-electron chi connectivity index (χ4n) is 3.22. The molecule has 2 heterocycles. The molecule has 0 aliphatic heterocycles. The molecule has 0 spiro atoms. The molecule has 2 aromatic heterocycles. The molecule has 0 aromatic carbocycles. The fraction of sp³-hybridized carbons (Fsp3) is 0.643. The van der Waals surface area contributed by atoms with Crippen LogP contribution < -0.4 is 5.32 Å². The summed E-state index contributed by atoms with van der Waals surface area (Å²) in [6.45, 7) is 4.27. The van der Waals surface area contributed by atoms with Gasteiger partial charge in [0.15, 0.2) is 0 Å². The van der Waals surface area contributed by atoms with Crippen LogP contribution >= 0.6 is 11.6 Å². The maximum atomic E-state index is 6.29. The van der Waals surface area contributed by atoms with Crippen LogP contribution in [0.25, 0.3) is 5.78 Å². The Balaban J connectivity index is 1.96. The normalized spacial score (nSPS) is 26.9. The van der Waals surface area contributed by atoms with Gasteiger partial charge in [0.05, 0.1) is 5.54 Å². The molecule has 2 aromatic rings. The second-order valence-corrected chi connectivity index (χ2v) is 6.26. The first-order valence-corrected chi connectivity index (χ1v) is 7.67. The lowest BCUT2D eigenvalue weighted by molar-refractivity contribution is 0.278. The molecule has 0 bridgehead atoms. The standard InChI is InChI=1S/C14H20ClN5/c1-10-4-3-5-14(7-10,8-15)19-12-6-11(2)18-13-16-9-17-20(12)13/h6,9-10,19H,3-5,7-8H2,1-2H3. The Labute approximate surface area is 123 Å². The van der Waals surface area contributed by atoms with E-state index in [1.807, 2.05) is 13.0 Å². The van der Waals surface area contributed by atoms with Crippen molar-refractivity contribution in [2.45, 2.75) is 45.1 Å². The number of nitrogens with zero attached hydrogens (tertiary/aromatic N) is 4. The summed E-state index contributed by atoms with van der Waals surface area (Å²) in [4.78, 5) is 8.53. The maximum absolute atomic E-state index is 6.29. The summed E-state index contributed by atoms with van der Waals surface area (Å²) in [6.07, 6.45) is 6.22. The molecule has 5 nitrogen and oxygen atoms in total. The quantitative estimate of drug-likeness (QED) is 0.884. The monoisotopic (exact) mass is 293 g/mol. The maximum Gasteiger partial charge on any atom is 0.254 e. The first-order chi connectivity index (χ1) is 9.62. The van der Waals surface area contributed by atoms with Gasteiger partial charge in [-0.3, -0.25) is 0 Å². The number of aromatic nitrogens is 4. The molecular weight excluding hydrogens is 274 g/mol. The number of fused-ring (bicyclic) bond motifs is 1. The predicted octanol–water partition coefficient (Wildman–Crippen LogP) is 3.03. The minimum atomic E-state index is -0.0497. The van der Waals surface area contributed by atoms with E-state index in [0.29, 0.717) is 17.6 Å². The minimum Gasteiger partial charge on any atom is -0.363 e. The van der Waals surface area contributed by atoms with Crippen LogP contribution in [0, 0.1) is 12.8 Å². The number of halogens is 1. The van der Waals surface area contributed by atoms with Crippen LogP contribution in [0.2, 0.25) is 0 Å². The highest BCUT2D eigenvalue weighted by Gasteiger charge is 2.34. The summed E-state index contributed by atoms with van der Waals surface area (Å²) in [7, 11) is 0. The second kappa shape index (κ2) is 5.20. The van der Waals surface area contributed by atoms with Gasteiger partial charge in [-0.2, -0.15) is 14.6 Å². The number of nitrogens with one attached hydrogen (secondary N) is 1. The summed E-state index contributed by atoms with van der Waals surface area (Å²) in [5.41, 5.74) is 0.882. The second-order valence-electron chi connectivity index (χ2n) is 6.00. The molecule has 0 saturated heterocycles. The molecule has 1 N–H and O–H groups in total. The van der Waals surface area contributed by atoms with Crippen LogP contribution in [0.15, 0.2) is 12.4 Å². The molecule has 2 atom stereocenters. The van der Waals surface area contributed by atoms with E-state index >= 15 is 0 Å². The minimum absolute atomic E-state index is 0.0497. The molecule has 1 aliphatic rings. The van der Waals surface area contributed by atoms with Crippen LogP contribution in [0.5, 0.6) is 0 Å². The summed E-state index contributed by atoms with van der Waals surface area (Å²) in [5, 5.41) is 7.88. The Kier molecular flexibility index (Phi) is 3.54. The Morgan fingerprint density at radius 1 is 1.55 bits per heavy atom. The number of rotatable bonds is 3. The van der Waals surface area contributed by atoms with E-state index in [2.05, 4.69) is 27.3 Å². The average molecular weight is 294 g/mol. The van der Waals surface area contributed by atoms with Crippen LogP contribution in [0.1, 0.15) is 38.3 Å². The summed E-state index contributed by atoms with van der Waals surface area (Å²) < 4.78 is 1.75. The number of anilines is 1. The van der Waals surface area contributed by atoms with Crippen LogP contribution in [-0.2, 0) is 0 Å². The van der Waals surface area contributed by atoms with Gasteiger partial charge in [-0.15, -0.1) is 11.6 Å². The molecule has 0 radical (unpaired) electrons. The molecule has 3 rings (SSSR count). The molecule has 20 heavy (non-hydrogen) atoms. The van der Waals surface area contributed by atoms with E-state index in [0.717, 1.165) is 24.4 Å². The van der Waals surface area contributed by atoms with E-state index in [1.165, 1.54) is 19.2 Å². The van der Waals surface area contributed by atoms with Crippen molar-refractivity contribution in [3.8, 4) is 0 Å². The van der Waals surface area contributed by atoms with E-state index < -0.39 is 0 Å². The van der Waals surface area contributed by atoms with E-state index in [1.54, 1.807) is 4.52 Å². The van der Waals surface area contributed by atoms with E-state index in [4.69, 9.17) is 11.6 Å². The zero-order valence-corrected chi connectivity index (χ0v) is 12.7. The summed E-state index contributed by atoms with van der Waals surface area (Å²) in [6, 6.07) is 2.01. The van der Waals surface area contributed by atoms with Gasteiger partial charge in [0, 0.05) is 17.6 Å². The Hall–Kier alpha value is -1.36. The lowest BCUT2D eigenvalue weighted by Gasteiger charge is -2.40. The van der Waals surface area contributed by atoms with Gasteiger partial charge in [0.25, 0.3) is 5.78 Å². The molecule has 6 heteroatoms. The Bertz CT molecular complexity index is 611. The number of hydrogen-bond donors (Lipinski definition) is 1. The number of hydrogen-bond acceptors (Lipinski definition) is 4. The van der Waals surface area contributed by atoms with Gasteiger partial charge in [-0.05, 0) is 25.7 Å². The lowest BCUT2D eigenvalue weighted by atomic mass is 9.77. The summed E-state index contributed by atoms with van der Waals surface area (Å²) >= 11 is 6.29. The van der Waals surface area contributed by atoms with Crippen molar-refractivity contribution in [1.82, 2.24) is 19.6 Å². The smallest absolute Gasteiger partial charge is 0.254 e. The van der Waals surface area contributed by atoms with Crippen molar-refractivity contribution in [3.05, 3.63) is 18.1 Å². The van der Waals surface area contributed by atoms with Crippen LogP contribution in [-0.4, -0.2) is 31.0 Å². The van der Waals surface area contributed by atoms with Crippen molar-refractivity contribution in [2.75, 3.05) is 11.2 Å². The van der Waals surface area contributed by atoms with Crippen LogP contribution in [0.4, 0.5) is 5.82 Å². The molecule has 2 unspecified atom stereocenters. The topological polar surface area (TPSA) is 55.1 Å². The van der Waals surface area contributed by atoms with E-state index in [9.17, 15) is 0 Å². The third-order valence-electron chi connectivity index (χ3n) is 4.12. The average Bonchev–Trinajstić information content (AvgIpc) is 2.87. The molecule has 1 saturated carbocycles. The van der Waals surface area contributed by atoms with Crippen molar-refractivity contribution < 1.29 is 0 Å². The third kappa shape index (κ3) is 2.46. The largest absolute Gasteiger partial charge is 0.363 e. The van der Waals surface area contributed by atoms with Crippen molar-refractivity contribution >= 4 is 23.2 Å². The Morgan fingerprint density at radius 3 is 3.15 bits per heavy atom. The molecule has 108 valence electrons. The number of aryl methyl sites for hydroxylation is 1. The first-order valence-electron chi connectivity index (χ1n) is 7.13. The zero-order chi connectivity index (χ0) is 14.2. The zero-order valence-electron chi connectivity index (χ0n) is 11.9. The highest BCUT2D eigenvalue weighted by atomic mass is 35.5. The molecule has 1 fully saturated rings. The molecule has 1 aliphatic carbocycles. The van der Waals surface area contributed by atoms with Crippen molar-refractivity contribution in [3.63, 3.8) is 0 Å². The van der Waals surface area contributed by atoms with E-state index in [-0.39, 0.29) is 5.54 Å². The van der Waals surface area contributed by atoms with Crippen molar-refractivity contribution in [2.24, 2.45) is 5.92 Å². The highest BCUT2D eigenvalue weighted by Crippen LogP contribution is 2.35. The van der Waals surface area contributed by atoms with Gasteiger partial charge >= 0.3 is 0 Å². The number of alkyl halides is 1. The first kappa shape index (κ1) is 13.6. The predicted molar refractivity (Wildman–Crippen MR) is 80.2 cm³/mol. The molecular formula is C14H20ClN5. The third-order valence-corrected chi connectivity index (χ3v) is 4.63. The van der Waals surface area contributed by atoms with Crippen LogP contribution in [0.3, 0.4) is 0 Å².